The molecule has 0 spiro atoms. The molecular formula is C14H17BrN2O. The number of halogens is 1. The fourth-order valence-electron chi connectivity index (χ4n) is 2.27. The van der Waals surface area contributed by atoms with Gasteiger partial charge in [0.15, 0.2) is 0 Å². The number of benzene rings is 1. The highest BCUT2D eigenvalue weighted by Gasteiger charge is 2.17. The van der Waals surface area contributed by atoms with Crippen LogP contribution >= 0.6 is 15.9 Å². The van der Waals surface area contributed by atoms with Crippen LogP contribution in [-0.2, 0) is 4.74 Å². The number of nitrogens with zero attached hydrogens (tertiary/aromatic N) is 2. The number of rotatable bonds is 3. The van der Waals surface area contributed by atoms with E-state index in [0.717, 1.165) is 29.7 Å². The van der Waals surface area contributed by atoms with Gasteiger partial charge in [-0.05, 0) is 37.5 Å². The molecule has 1 heterocycles. The number of ether oxygens (including phenoxy) is 1. The second-order valence-electron chi connectivity index (χ2n) is 4.64. The Bertz CT molecular complexity index is 450. The number of hydrogen-bond donors (Lipinski definition) is 0. The highest BCUT2D eigenvalue weighted by molar-refractivity contribution is 9.10. The van der Waals surface area contributed by atoms with Gasteiger partial charge in [-0.25, -0.2) is 0 Å². The van der Waals surface area contributed by atoms with Crippen LogP contribution in [0.5, 0.6) is 0 Å². The van der Waals surface area contributed by atoms with Crippen molar-refractivity contribution >= 4 is 21.6 Å². The third-order valence-corrected chi connectivity index (χ3v) is 3.74. The van der Waals surface area contributed by atoms with Crippen LogP contribution in [0.25, 0.3) is 0 Å². The summed E-state index contributed by atoms with van der Waals surface area (Å²) in [6.45, 7) is 1.70. The minimum absolute atomic E-state index is 0.286. The molecule has 96 valence electrons. The van der Waals surface area contributed by atoms with Crippen LogP contribution in [0.4, 0.5) is 5.69 Å². The molecule has 0 saturated carbocycles. The molecule has 1 unspecified atom stereocenters. The summed E-state index contributed by atoms with van der Waals surface area (Å²) in [6.07, 6.45) is 3.80. The van der Waals surface area contributed by atoms with E-state index in [1.807, 2.05) is 25.2 Å². The van der Waals surface area contributed by atoms with Crippen molar-refractivity contribution in [3.05, 3.63) is 28.2 Å². The fourth-order valence-corrected chi connectivity index (χ4v) is 2.62. The predicted octanol–water partition coefficient (Wildman–Crippen LogP) is 3.33. The Hall–Kier alpha value is -1.05. The molecule has 0 radical (unpaired) electrons. The third kappa shape index (κ3) is 3.24. The van der Waals surface area contributed by atoms with Gasteiger partial charge in [-0.3, -0.25) is 0 Å². The van der Waals surface area contributed by atoms with E-state index in [4.69, 9.17) is 10.00 Å². The Kier molecular flexibility index (Phi) is 4.62. The monoisotopic (exact) mass is 308 g/mol. The molecule has 1 aromatic rings. The summed E-state index contributed by atoms with van der Waals surface area (Å²) < 4.78 is 6.73. The predicted molar refractivity (Wildman–Crippen MR) is 75.7 cm³/mol. The summed E-state index contributed by atoms with van der Waals surface area (Å²) >= 11 is 3.45. The van der Waals surface area contributed by atoms with E-state index < -0.39 is 0 Å². The number of likely N-dealkylation sites (N-methyl/N-ethyl adjacent to an activating group) is 1. The van der Waals surface area contributed by atoms with Gasteiger partial charge in [0.25, 0.3) is 0 Å². The van der Waals surface area contributed by atoms with Crippen molar-refractivity contribution in [3.63, 3.8) is 0 Å². The molecule has 1 fully saturated rings. The lowest BCUT2D eigenvalue weighted by Crippen LogP contribution is -2.33. The molecule has 0 aromatic heterocycles. The van der Waals surface area contributed by atoms with Crippen LogP contribution in [0.3, 0.4) is 0 Å². The van der Waals surface area contributed by atoms with Crippen molar-refractivity contribution in [2.75, 3.05) is 25.1 Å². The first-order chi connectivity index (χ1) is 8.70. The first kappa shape index (κ1) is 13.4. The van der Waals surface area contributed by atoms with Gasteiger partial charge in [-0.15, -0.1) is 0 Å². The van der Waals surface area contributed by atoms with E-state index >= 15 is 0 Å². The average molecular weight is 309 g/mol. The molecule has 0 N–H and O–H groups in total. The molecule has 0 bridgehead atoms. The first-order valence-corrected chi connectivity index (χ1v) is 7.02. The molecular weight excluding hydrogens is 292 g/mol. The first-order valence-electron chi connectivity index (χ1n) is 6.23. The molecule has 1 aliphatic rings. The standard InChI is InChI=1S/C14H17BrN2O/c1-17(10-13-4-2-3-7-18-13)14-8-12(15)6-5-11(14)9-16/h5-6,8,13H,2-4,7,10H2,1H3. The highest BCUT2D eigenvalue weighted by Crippen LogP contribution is 2.25. The van der Waals surface area contributed by atoms with E-state index in [2.05, 4.69) is 26.9 Å². The van der Waals surface area contributed by atoms with Gasteiger partial charge in [0.05, 0.1) is 17.4 Å². The normalized spacial score (nSPS) is 19.3. The zero-order valence-electron chi connectivity index (χ0n) is 10.5. The smallest absolute Gasteiger partial charge is 0.101 e. The topological polar surface area (TPSA) is 36.3 Å². The maximum absolute atomic E-state index is 9.14. The lowest BCUT2D eigenvalue weighted by atomic mass is 10.1. The van der Waals surface area contributed by atoms with Crippen molar-refractivity contribution in [1.82, 2.24) is 0 Å². The third-order valence-electron chi connectivity index (χ3n) is 3.24. The van der Waals surface area contributed by atoms with Crippen LogP contribution in [0.15, 0.2) is 22.7 Å². The van der Waals surface area contributed by atoms with Crippen molar-refractivity contribution in [3.8, 4) is 6.07 Å². The van der Waals surface area contributed by atoms with Crippen LogP contribution in [0, 0.1) is 11.3 Å². The minimum Gasteiger partial charge on any atom is -0.376 e. The summed E-state index contributed by atoms with van der Waals surface area (Å²) in [5.74, 6) is 0. The van der Waals surface area contributed by atoms with E-state index in [0.29, 0.717) is 5.56 Å². The second-order valence-corrected chi connectivity index (χ2v) is 5.56. The average Bonchev–Trinajstić information content (AvgIpc) is 2.40. The molecule has 1 saturated heterocycles. The van der Waals surface area contributed by atoms with Crippen LogP contribution in [0.2, 0.25) is 0 Å². The Morgan fingerprint density at radius 1 is 1.50 bits per heavy atom. The van der Waals surface area contributed by atoms with Gasteiger partial charge in [-0.2, -0.15) is 5.26 Å². The molecule has 3 nitrogen and oxygen atoms in total. The number of nitriles is 1. The van der Waals surface area contributed by atoms with Crippen molar-refractivity contribution in [2.24, 2.45) is 0 Å². The zero-order valence-corrected chi connectivity index (χ0v) is 12.1. The SMILES string of the molecule is CN(CC1CCCCO1)c1cc(Br)ccc1C#N. The molecule has 18 heavy (non-hydrogen) atoms. The van der Waals surface area contributed by atoms with Gasteiger partial charge < -0.3 is 9.64 Å². The summed E-state index contributed by atoms with van der Waals surface area (Å²) in [6, 6.07) is 7.97. The lowest BCUT2D eigenvalue weighted by molar-refractivity contribution is 0.0216. The second kappa shape index (κ2) is 6.21. The van der Waals surface area contributed by atoms with Gasteiger partial charge in [-0.1, -0.05) is 15.9 Å². The molecule has 1 aromatic carbocycles. The van der Waals surface area contributed by atoms with Crippen LogP contribution in [0.1, 0.15) is 24.8 Å². The number of anilines is 1. The minimum atomic E-state index is 0.286. The molecule has 2 rings (SSSR count). The van der Waals surface area contributed by atoms with E-state index in [1.165, 1.54) is 12.8 Å². The summed E-state index contributed by atoms with van der Waals surface area (Å²) in [5.41, 5.74) is 1.66. The van der Waals surface area contributed by atoms with E-state index in [1.54, 1.807) is 0 Å². The molecule has 4 heteroatoms. The maximum atomic E-state index is 9.14. The molecule has 0 amide bonds. The molecule has 1 atom stereocenters. The largest absolute Gasteiger partial charge is 0.376 e. The van der Waals surface area contributed by atoms with Crippen molar-refractivity contribution in [1.29, 1.82) is 5.26 Å². The Labute approximate surface area is 116 Å². The molecule has 1 aliphatic heterocycles. The van der Waals surface area contributed by atoms with Gasteiger partial charge in [0.2, 0.25) is 0 Å². The Morgan fingerprint density at radius 2 is 2.33 bits per heavy atom. The van der Waals surface area contributed by atoms with Gasteiger partial charge in [0.1, 0.15) is 6.07 Å². The summed E-state index contributed by atoms with van der Waals surface area (Å²) in [5, 5.41) is 9.14. The van der Waals surface area contributed by atoms with Crippen LogP contribution in [-0.4, -0.2) is 26.3 Å². The zero-order chi connectivity index (χ0) is 13.0. The van der Waals surface area contributed by atoms with Crippen molar-refractivity contribution in [2.45, 2.75) is 25.4 Å². The fraction of sp³-hybridized carbons (Fsp3) is 0.500. The highest BCUT2D eigenvalue weighted by atomic mass is 79.9. The summed E-state index contributed by atoms with van der Waals surface area (Å²) in [4.78, 5) is 2.11. The summed E-state index contributed by atoms with van der Waals surface area (Å²) in [7, 11) is 2.01. The molecule has 0 aliphatic carbocycles. The van der Waals surface area contributed by atoms with E-state index in [-0.39, 0.29) is 6.10 Å². The Balaban J connectivity index is 2.10. The van der Waals surface area contributed by atoms with Gasteiger partial charge in [0, 0.05) is 24.7 Å². The van der Waals surface area contributed by atoms with E-state index in [9.17, 15) is 0 Å². The van der Waals surface area contributed by atoms with Gasteiger partial charge >= 0.3 is 0 Å². The maximum Gasteiger partial charge on any atom is 0.101 e. The Morgan fingerprint density at radius 3 is 3.00 bits per heavy atom. The quantitative estimate of drug-likeness (QED) is 0.859. The lowest BCUT2D eigenvalue weighted by Gasteiger charge is -2.29. The number of hydrogen-bond acceptors (Lipinski definition) is 3. The van der Waals surface area contributed by atoms with Crippen LogP contribution < -0.4 is 4.90 Å². The van der Waals surface area contributed by atoms with Crippen molar-refractivity contribution < 1.29 is 4.74 Å².